The molecule has 9 heteroatoms. The third kappa shape index (κ3) is 4.35. The van der Waals surface area contributed by atoms with Crippen LogP contribution in [0.2, 0.25) is 0 Å². The molecule has 0 atom stereocenters. The molecule has 1 aliphatic heterocycles. The van der Waals surface area contributed by atoms with E-state index in [4.69, 9.17) is 11.2 Å². The number of fused-ring (bicyclic) bond motifs is 1. The number of anilines is 2. The Morgan fingerprint density at radius 2 is 2.06 bits per heavy atom. The molecule has 0 spiro atoms. The number of ether oxygens (including phenoxy) is 1. The Hall–Kier alpha value is -3.87. The van der Waals surface area contributed by atoms with E-state index in [2.05, 4.69) is 58.9 Å². The van der Waals surface area contributed by atoms with Crippen LogP contribution in [0.25, 0.3) is 22.3 Å². The van der Waals surface area contributed by atoms with Crippen LogP contribution in [0.1, 0.15) is 11.1 Å². The molecule has 2 aromatic carbocycles. The van der Waals surface area contributed by atoms with E-state index in [0.29, 0.717) is 11.8 Å². The lowest BCUT2D eigenvalue weighted by atomic mass is 10.1. The van der Waals surface area contributed by atoms with Gasteiger partial charge in [0.2, 0.25) is 5.95 Å². The normalized spacial score (nSPS) is 14.4. The summed E-state index contributed by atoms with van der Waals surface area (Å²) >= 11 is 0. The van der Waals surface area contributed by atoms with Gasteiger partial charge < -0.3 is 10.1 Å². The lowest BCUT2D eigenvalue weighted by molar-refractivity contribution is 0.0342. The van der Waals surface area contributed by atoms with Crippen molar-refractivity contribution in [3.05, 3.63) is 53.7 Å². The number of tetrazole rings is 1. The zero-order chi connectivity index (χ0) is 21.0. The number of aromatic nitrogens is 6. The van der Waals surface area contributed by atoms with Crippen molar-refractivity contribution in [3.8, 4) is 23.7 Å². The molecule has 1 fully saturated rings. The number of hydrogen-bond acceptors (Lipinski definition) is 8. The highest BCUT2D eigenvalue weighted by Gasteiger charge is 2.14. The monoisotopic (exact) mass is 412 g/mol. The predicted molar refractivity (Wildman–Crippen MR) is 116 cm³/mol. The van der Waals surface area contributed by atoms with Crippen molar-refractivity contribution in [2.45, 2.75) is 6.54 Å². The van der Waals surface area contributed by atoms with Crippen LogP contribution in [0.4, 0.5) is 11.6 Å². The first-order chi connectivity index (χ1) is 15.3. The SMILES string of the molecule is C#Cc1ccc2nc(Nc3cc(CN4CCOCC4)cc(-c4nnn[nH]4)c3)ncc2c1. The van der Waals surface area contributed by atoms with E-state index >= 15 is 0 Å². The van der Waals surface area contributed by atoms with E-state index in [1.54, 1.807) is 6.20 Å². The summed E-state index contributed by atoms with van der Waals surface area (Å²) in [4.78, 5) is 11.4. The molecular weight excluding hydrogens is 392 g/mol. The Bertz CT molecular complexity index is 1240. The van der Waals surface area contributed by atoms with Gasteiger partial charge in [-0.2, -0.15) is 0 Å². The van der Waals surface area contributed by atoms with Gasteiger partial charge in [0.25, 0.3) is 0 Å². The smallest absolute Gasteiger partial charge is 0.227 e. The summed E-state index contributed by atoms with van der Waals surface area (Å²) in [5, 5.41) is 18.5. The van der Waals surface area contributed by atoms with Crippen LogP contribution in [-0.4, -0.2) is 61.8 Å². The van der Waals surface area contributed by atoms with Crippen LogP contribution in [0, 0.1) is 12.3 Å². The maximum Gasteiger partial charge on any atom is 0.227 e. The second kappa shape index (κ2) is 8.47. The summed E-state index contributed by atoms with van der Waals surface area (Å²) in [6, 6.07) is 11.8. The average molecular weight is 412 g/mol. The van der Waals surface area contributed by atoms with Crippen LogP contribution in [-0.2, 0) is 11.3 Å². The van der Waals surface area contributed by atoms with Crippen LogP contribution < -0.4 is 5.32 Å². The number of aromatic amines is 1. The Morgan fingerprint density at radius 3 is 2.87 bits per heavy atom. The van der Waals surface area contributed by atoms with Gasteiger partial charge in [0.15, 0.2) is 5.82 Å². The number of nitrogens with one attached hydrogen (secondary N) is 2. The van der Waals surface area contributed by atoms with E-state index in [9.17, 15) is 0 Å². The third-order valence-corrected chi connectivity index (χ3v) is 5.12. The molecule has 0 radical (unpaired) electrons. The van der Waals surface area contributed by atoms with E-state index in [0.717, 1.165) is 66.1 Å². The molecule has 154 valence electrons. The second-order valence-corrected chi connectivity index (χ2v) is 7.29. The number of benzene rings is 2. The van der Waals surface area contributed by atoms with Crippen LogP contribution in [0.3, 0.4) is 0 Å². The maximum absolute atomic E-state index is 5.48. The fourth-order valence-corrected chi connectivity index (χ4v) is 3.60. The van der Waals surface area contributed by atoms with Gasteiger partial charge in [-0.3, -0.25) is 4.90 Å². The highest BCUT2D eigenvalue weighted by molar-refractivity contribution is 5.80. The molecule has 31 heavy (non-hydrogen) atoms. The summed E-state index contributed by atoms with van der Waals surface area (Å²) in [5.41, 5.74) is 4.51. The van der Waals surface area contributed by atoms with Gasteiger partial charge >= 0.3 is 0 Å². The third-order valence-electron chi connectivity index (χ3n) is 5.12. The summed E-state index contributed by atoms with van der Waals surface area (Å²) < 4.78 is 5.46. The molecule has 2 aromatic heterocycles. The molecule has 5 rings (SSSR count). The van der Waals surface area contributed by atoms with E-state index in [-0.39, 0.29) is 0 Å². The minimum absolute atomic E-state index is 0.506. The molecule has 3 heterocycles. The quantitative estimate of drug-likeness (QED) is 0.482. The Morgan fingerprint density at radius 1 is 1.16 bits per heavy atom. The zero-order valence-electron chi connectivity index (χ0n) is 16.7. The molecule has 0 unspecified atom stereocenters. The van der Waals surface area contributed by atoms with Crippen LogP contribution in [0.15, 0.2) is 42.6 Å². The van der Waals surface area contributed by atoms with Crippen molar-refractivity contribution < 1.29 is 4.74 Å². The van der Waals surface area contributed by atoms with Gasteiger partial charge in [0.05, 0.1) is 18.7 Å². The number of morpholine rings is 1. The van der Waals surface area contributed by atoms with Gasteiger partial charge in [-0.05, 0) is 52.4 Å². The molecule has 0 saturated carbocycles. The van der Waals surface area contributed by atoms with E-state index in [1.807, 2.05) is 24.3 Å². The number of hydrogen-bond donors (Lipinski definition) is 2. The van der Waals surface area contributed by atoms with Gasteiger partial charge in [0.1, 0.15) is 0 Å². The number of nitrogens with zero attached hydrogens (tertiary/aromatic N) is 6. The summed E-state index contributed by atoms with van der Waals surface area (Å²) in [5.74, 6) is 3.74. The molecule has 0 amide bonds. The lowest BCUT2D eigenvalue weighted by Gasteiger charge is -2.26. The fourth-order valence-electron chi connectivity index (χ4n) is 3.60. The molecule has 9 nitrogen and oxygen atoms in total. The summed E-state index contributed by atoms with van der Waals surface area (Å²) in [7, 11) is 0. The first-order valence-electron chi connectivity index (χ1n) is 9.95. The molecule has 1 saturated heterocycles. The Kier molecular flexibility index (Phi) is 5.22. The maximum atomic E-state index is 5.48. The zero-order valence-corrected chi connectivity index (χ0v) is 16.7. The molecule has 0 bridgehead atoms. The first-order valence-corrected chi connectivity index (χ1v) is 9.95. The molecule has 1 aliphatic rings. The van der Waals surface area contributed by atoms with Crippen molar-refractivity contribution in [1.82, 2.24) is 35.5 Å². The van der Waals surface area contributed by atoms with Gasteiger partial charge in [0, 0.05) is 48.0 Å². The van der Waals surface area contributed by atoms with Crippen molar-refractivity contribution in [1.29, 1.82) is 0 Å². The van der Waals surface area contributed by atoms with Gasteiger partial charge in [-0.25, -0.2) is 15.1 Å². The number of rotatable bonds is 5. The van der Waals surface area contributed by atoms with Crippen molar-refractivity contribution in [3.63, 3.8) is 0 Å². The van der Waals surface area contributed by atoms with Crippen molar-refractivity contribution in [2.24, 2.45) is 0 Å². The van der Waals surface area contributed by atoms with Gasteiger partial charge in [-0.1, -0.05) is 5.92 Å². The Balaban J connectivity index is 1.45. The number of H-pyrrole nitrogens is 1. The lowest BCUT2D eigenvalue weighted by Crippen LogP contribution is -2.35. The van der Waals surface area contributed by atoms with Crippen LogP contribution >= 0.6 is 0 Å². The molecule has 2 N–H and O–H groups in total. The second-order valence-electron chi connectivity index (χ2n) is 7.29. The van der Waals surface area contributed by atoms with Crippen LogP contribution in [0.5, 0.6) is 0 Å². The summed E-state index contributed by atoms with van der Waals surface area (Å²) in [6.07, 6.45) is 7.25. The van der Waals surface area contributed by atoms with E-state index in [1.165, 1.54) is 0 Å². The average Bonchev–Trinajstić information content (AvgIpc) is 3.34. The summed E-state index contributed by atoms with van der Waals surface area (Å²) in [6.45, 7) is 4.13. The largest absolute Gasteiger partial charge is 0.379 e. The minimum atomic E-state index is 0.506. The standard InChI is InChI=1S/C22H20N8O/c1-2-15-3-4-20-18(9-15)13-23-22(25-20)24-19-11-16(14-30-5-7-31-8-6-30)10-17(12-19)21-26-28-29-27-21/h1,3-4,9-13H,5-8,14H2,(H,23,24,25)(H,26,27,28,29). The van der Waals surface area contributed by atoms with E-state index < -0.39 is 0 Å². The fraction of sp³-hybridized carbons (Fsp3) is 0.227. The molecule has 4 aromatic rings. The minimum Gasteiger partial charge on any atom is -0.379 e. The predicted octanol–water partition coefficient (Wildman–Crippen LogP) is 2.37. The van der Waals surface area contributed by atoms with Crippen molar-refractivity contribution in [2.75, 3.05) is 31.6 Å². The highest BCUT2D eigenvalue weighted by atomic mass is 16.5. The first kappa shape index (κ1) is 19.1. The number of terminal acetylenes is 1. The van der Waals surface area contributed by atoms with Gasteiger partial charge in [-0.15, -0.1) is 11.5 Å². The Labute approximate surface area is 178 Å². The molecular formula is C22H20N8O. The van der Waals surface area contributed by atoms with Crippen molar-refractivity contribution >= 4 is 22.5 Å². The molecule has 0 aliphatic carbocycles. The topological polar surface area (TPSA) is 105 Å². The highest BCUT2D eigenvalue weighted by Crippen LogP contribution is 2.25.